The van der Waals surface area contributed by atoms with Gasteiger partial charge >= 0.3 is 0 Å². The maximum absolute atomic E-state index is 13.6. The number of carbonyl (C=O) groups is 1. The van der Waals surface area contributed by atoms with Crippen molar-refractivity contribution < 1.29 is 31.1 Å². The monoisotopic (exact) mass is 609 g/mol. The Labute approximate surface area is 246 Å². The van der Waals surface area contributed by atoms with E-state index >= 15 is 0 Å². The first-order valence-corrected chi connectivity index (χ1v) is 15.7. The fraction of sp³-hybridized carbons (Fsp3) is 0.167. The number of benzene rings is 4. The van der Waals surface area contributed by atoms with Gasteiger partial charge < -0.3 is 14.8 Å². The van der Waals surface area contributed by atoms with Crippen LogP contribution in [-0.4, -0.2) is 43.5 Å². The first kappa shape index (κ1) is 30.4. The first-order chi connectivity index (χ1) is 19.9. The Balaban J connectivity index is 1.54. The second kappa shape index (κ2) is 12.5. The van der Waals surface area contributed by atoms with Crippen LogP contribution in [0.4, 0.5) is 17.1 Å². The summed E-state index contributed by atoms with van der Waals surface area (Å²) in [6.07, 6.45) is 0. The molecule has 0 atom stereocenters. The van der Waals surface area contributed by atoms with Crippen LogP contribution >= 0.6 is 0 Å². The third kappa shape index (κ3) is 7.01. The van der Waals surface area contributed by atoms with Crippen molar-refractivity contribution in [1.29, 1.82) is 0 Å². The molecule has 0 heterocycles. The van der Waals surface area contributed by atoms with Gasteiger partial charge in [-0.3, -0.25) is 13.8 Å². The van der Waals surface area contributed by atoms with Gasteiger partial charge in [0.15, 0.2) is 0 Å². The van der Waals surface area contributed by atoms with Crippen molar-refractivity contribution in [1.82, 2.24) is 0 Å². The first-order valence-electron chi connectivity index (χ1n) is 12.7. The van der Waals surface area contributed by atoms with Gasteiger partial charge in [0.05, 0.1) is 35.4 Å². The maximum Gasteiger partial charge on any atom is 0.264 e. The summed E-state index contributed by atoms with van der Waals surface area (Å²) in [5.74, 6) is 0.139. The van der Waals surface area contributed by atoms with Crippen molar-refractivity contribution in [3.8, 4) is 11.5 Å². The minimum Gasteiger partial charge on any atom is -0.497 e. The van der Waals surface area contributed by atoms with E-state index in [0.717, 1.165) is 15.4 Å². The minimum absolute atomic E-state index is 0.0529. The minimum atomic E-state index is -4.08. The van der Waals surface area contributed by atoms with E-state index in [1.807, 2.05) is 19.9 Å². The molecule has 4 rings (SSSR count). The Morgan fingerprint density at radius 1 is 0.762 bits per heavy atom. The lowest BCUT2D eigenvalue weighted by Crippen LogP contribution is -2.38. The predicted octanol–water partition coefficient (Wildman–Crippen LogP) is 4.96. The number of nitrogens with zero attached hydrogens (tertiary/aromatic N) is 1. The summed E-state index contributed by atoms with van der Waals surface area (Å²) >= 11 is 0. The van der Waals surface area contributed by atoms with Crippen LogP contribution < -0.4 is 23.8 Å². The zero-order chi connectivity index (χ0) is 30.5. The molecule has 0 unspecified atom stereocenters. The molecule has 0 bridgehead atoms. The van der Waals surface area contributed by atoms with E-state index in [1.54, 1.807) is 42.5 Å². The standard InChI is InChI=1S/C30H31N3O7S2/c1-21-8-13-27(14-9-21)42(37,38)33(24-7-5-6-22(2)18-24)20-30(34)31-23-10-15-26(16-11-23)41(35,36)32-28-19-25(39-3)12-17-29(28)40-4/h5-19,32H,20H2,1-4H3,(H,31,34). The summed E-state index contributed by atoms with van der Waals surface area (Å²) in [4.78, 5) is 13.1. The number of methoxy groups -OCH3 is 2. The van der Waals surface area contributed by atoms with Crippen LogP contribution in [0.3, 0.4) is 0 Å². The van der Waals surface area contributed by atoms with E-state index in [2.05, 4.69) is 10.0 Å². The molecular formula is C30H31N3O7S2. The van der Waals surface area contributed by atoms with Gasteiger partial charge in [0.25, 0.3) is 20.0 Å². The Hall–Kier alpha value is -4.55. The molecular weight excluding hydrogens is 578 g/mol. The van der Waals surface area contributed by atoms with E-state index in [4.69, 9.17) is 9.47 Å². The number of aryl methyl sites for hydroxylation is 2. The second-order valence-corrected chi connectivity index (χ2v) is 13.0. The number of sulfonamides is 2. The average molecular weight is 610 g/mol. The zero-order valence-electron chi connectivity index (χ0n) is 23.5. The molecule has 0 saturated carbocycles. The normalized spacial score (nSPS) is 11.4. The lowest BCUT2D eigenvalue weighted by molar-refractivity contribution is -0.114. The van der Waals surface area contributed by atoms with Gasteiger partial charge in [0.2, 0.25) is 5.91 Å². The van der Waals surface area contributed by atoms with Gasteiger partial charge in [-0.15, -0.1) is 0 Å². The summed E-state index contributed by atoms with van der Waals surface area (Å²) < 4.78 is 67.2. The van der Waals surface area contributed by atoms with Crippen LogP contribution in [-0.2, 0) is 24.8 Å². The molecule has 1 amide bonds. The molecule has 2 N–H and O–H groups in total. The number of anilines is 3. The molecule has 0 aliphatic carbocycles. The highest BCUT2D eigenvalue weighted by molar-refractivity contribution is 7.93. The predicted molar refractivity (Wildman–Crippen MR) is 162 cm³/mol. The fourth-order valence-electron chi connectivity index (χ4n) is 4.08. The molecule has 0 aliphatic rings. The number of ether oxygens (including phenoxy) is 2. The zero-order valence-corrected chi connectivity index (χ0v) is 25.1. The van der Waals surface area contributed by atoms with E-state index in [0.29, 0.717) is 17.2 Å². The van der Waals surface area contributed by atoms with Gasteiger partial charge in [-0.1, -0.05) is 29.8 Å². The highest BCUT2D eigenvalue weighted by atomic mass is 32.2. The number of hydrogen-bond acceptors (Lipinski definition) is 7. The summed E-state index contributed by atoms with van der Waals surface area (Å²) in [6, 6.07) is 23.4. The Morgan fingerprint density at radius 3 is 2.05 bits per heavy atom. The molecule has 4 aromatic rings. The Bertz CT molecular complexity index is 1790. The SMILES string of the molecule is COc1ccc(OC)c(NS(=O)(=O)c2ccc(NC(=O)CN(c3cccc(C)c3)S(=O)(=O)c3ccc(C)cc3)cc2)c1. The van der Waals surface area contributed by atoms with Crippen LogP contribution in [0.2, 0.25) is 0 Å². The summed E-state index contributed by atoms with van der Waals surface area (Å²) in [7, 11) is -5.21. The van der Waals surface area contributed by atoms with E-state index in [9.17, 15) is 21.6 Å². The van der Waals surface area contributed by atoms with Crippen LogP contribution in [0.5, 0.6) is 11.5 Å². The summed E-state index contributed by atoms with van der Waals surface area (Å²) in [5, 5.41) is 2.65. The molecule has 0 radical (unpaired) electrons. The smallest absolute Gasteiger partial charge is 0.264 e. The molecule has 12 heteroatoms. The number of rotatable bonds is 11. The van der Waals surface area contributed by atoms with Crippen LogP contribution in [0.25, 0.3) is 0 Å². The largest absolute Gasteiger partial charge is 0.497 e. The third-order valence-electron chi connectivity index (χ3n) is 6.29. The van der Waals surface area contributed by atoms with Crippen LogP contribution in [0.15, 0.2) is 101 Å². The molecule has 4 aromatic carbocycles. The van der Waals surface area contributed by atoms with Crippen molar-refractivity contribution in [2.24, 2.45) is 0 Å². The Morgan fingerprint density at radius 2 is 1.43 bits per heavy atom. The topological polar surface area (TPSA) is 131 Å². The highest BCUT2D eigenvalue weighted by Crippen LogP contribution is 2.31. The molecule has 220 valence electrons. The van der Waals surface area contributed by atoms with Gasteiger partial charge in [0.1, 0.15) is 18.0 Å². The lowest BCUT2D eigenvalue weighted by atomic mass is 10.2. The van der Waals surface area contributed by atoms with E-state index in [-0.39, 0.29) is 21.2 Å². The van der Waals surface area contributed by atoms with Crippen molar-refractivity contribution >= 4 is 43.0 Å². The van der Waals surface area contributed by atoms with Crippen molar-refractivity contribution in [2.45, 2.75) is 23.6 Å². The van der Waals surface area contributed by atoms with Crippen molar-refractivity contribution in [3.63, 3.8) is 0 Å². The third-order valence-corrected chi connectivity index (χ3v) is 9.45. The Kier molecular flexibility index (Phi) is 9.08. The molecule has 0 aliphatic heterocycles. The van der Waals surface area contributed by atoms with Crippen molar-refractivity contribution in [3.05, 3.63) is 102 Å². The van der Waals surface area contributed by atoms with E-state index in [1.165, 1.54) is 56.7 Å². The second-order valence-electron chi connectivity index (χ2n) is 9.41. The van der Waals surface area contributed by atoms with Crippen LogP contribution in [0.1, 0.15) is 11.1 Å². The summed E-state index contributed by atoms with van der Waals surface area (Å²) in [6.45, 7) is 3.18. The van der Waals surface area contributed by atoms with Crippen molar-refractivity contribution in [2.75, 3.05) is 35.1 Å². The molecule has 0 saturated heterocycles. The van der Waals surface area contributed by atoms with Gasteiger partial charge in [-0.2, -0.15) is 0 Å². The molecule has 42 heavy (non-hydrogen) atoms. The number of nitrogens with one attached hydrogen (secondary N) is 2. The molecule has 10 nitrogen and oxygen atoms in total. The van der Waals surface area contributed by atoms with Gasteiger partial charge in [-0.05, 0) is 80.1 Å². The number of amides is 1. The van der Waals surface area contributed by atoms with E-state index < -0.39 is 32.5 Å². The van der Waals surface area contributed by atoms with Crippen LogP contribution in [0, 0.1) is 13.8 Å². The lowest BCUT2D eigenvalue weighted by Gasteiger charge is -2.24. The molecule has 0 aromatic heterocycles. The molecule has 0 fully saturated rings. The number of carbonyl (C=O) groups excluding carboxylic acids is 1. The summed E-state index contributed by atoms with van der Waals surface area (Å²) in [5.41, 5.74) is 2.55. The quantitative estimate of drug-likeness (QED) is 0.246. The number of hydrogen-bond donors (Lipinski definition) is 2. The van der Waals surface area contributed by atoms with Gasteiger partial charge in [0, 0.05) is 11.8 Å². The van der Waals surface area contributed by atoms with Gasteiger partial charge in [-0.25, -0.2) is 16.8 Å². The fourth-order valence-corrected chi connectivity index (χ4v) is 6.56. The maximum atomic E-state index is 13.6. The molecule has 0 spiro atoms. The average Bonchev–Trinajstić information content (AvgIpc) is 2.96. The highest BCUT2D eigenvalue weighted by Gasteiger charge is 2.27.